The van der Waals surface area contributed by atoms with E-state index in [1.807, 2.05) is 10.6 Å². The number of nitrogens with zero attached hydrogens (tertiary/aromatic N) is 4. The molecule has 0 bridgehead atoms. The monoisotopic (exact) mass is 437 g/mol. The number of halogens is 2. The summed E-state index contributed by atoms with van der Waals surface area (Å²) >= 11 is 6.30. The molecule has 1 aromatic carbocycles. The van der Waals surface area contributed by atoms with Gasteiger partial charge in [0.1, 0.15) is 17.2 Å². The molecule has 1 aliphatic heterocycles. The molecule has 0 saturated carbocycles. The fourth-order valence-corrected chi connectivity index (χ4v) is 4.23. The molecule has 4 N–H and O–H groups in total. The predicted molar refractivity (Wildman–Crippen MR) is 116 cm³/mol. The van der Waals surface area contributed by atoms with Crippen LogP contribution in [0.15, 0.2) is 33.9 Å². The molecule has 8 nitrogen and oxygen atoms in total. The number of nitrogens with two attached hydrogens (primary N) is 1. The van der Waals surface area contributed by atoms with E-state index < -0.39 is 17.1 Å². The largest absolute Gasteiger partial charge is 0.412 e. The lowest BCUT2D eigenvalue weighted by molar-refractivity contribution is 0.498. The smallest absolute Gasteiger partial charge is 0.331 e. The van der Waals surface area contributed by atoms with E-state index in [0.29, 0.717) is 28.2 Å². The zero-order chi connectivity index (χ0) is 20.9. The first-order valence-electron chi connectivity index (χ1n) is 9.51. The Morgan fingerprint density at radius 3 is 2.63 bits per heavy atom. The Bertz CT molecular complexity index is 1220. The van der Waals surface area contributed by atoms with Crippen molar-refractivity contribution in [1.82, 2.24) is 13.7 Å². The third kappa shape index (κ3) is 3.64. The van der Waals surface area contributed by atoms with E-state index in [0.717, 1.165) is 29.8 Å². The van der Waals surface area contributed by atoms with Crippen molar-refractivity contribution >= 4 is 28.5 Å². The van der Waals surface area contributed by atoms with Gasteiger partial charge in [0.25, 0.3) is 5.56 Å². The van der Waals surface area contributed by atoms with Crippen molar-refractivity contribution in [1.29, 1.82) is 0 Å². The summed E-state index contributed by atoms with van der Waals surface area (Å²) in [6.45, 7) is 1.63. The summed E-state index contributed by atoms with van der Waals surface area (Å²) in [4.78, 5) is 27.5. The lowest BCUT2D eigenvalue weighted by Crippen LogP contribution is -2.43. The van der Waals surface area contributed by atoms with Crippen LogP contribution in [-0.4, -0.2) is 38.3 Å². The Morgan fingerprint density at radius 1 is 1.20 bits per heavy atom. The molecular formula is C20H25ClFN5O3. The van der Waals surface area contributed by atoms with Crippen LogP contribution in [0.25, 0.3) is 11.0 Å². The van der Waals surface area contributed by atoms with Crippen LogP contribution in [0.2, 0.25) is 5.02 Å². The molecule has 1 aliphatic rings. The van der Waals surface area contributed by atoms with Crippen molar-refractivity contribution in [3.05, 3.63) is 61.5 Å². The molecule has 1 saturated heterocycles. The van der Waals surface area contributed by atoms with Crippen LogP contribution in [0.1, 0.15) is 18.4 Å². The maximum absolute atomic E-state index is 13.9. The lowest BCUT2D eigenvalue weighted by Gasteiger charge is -2.33. The minimum atomic E-state index is -0.400. The Hall–Kier alpha value is -2.62. The fourth-order valence-electron chi connectivity index (χ4n) is 4.05. The van der Waals surface area contributed by atoms with Crippen molar-refractivity contribution in [2.75, 3.05) is 18.0 Å². The predicted octanol–water partition coefficient (Wildman–Crippen LogP) is 0.982. The van der Waals surface area contributed by atoms with Gasteiger partial charge in [0, 0.05) is 44.3 Å². The number of aromatic nitrogens is 3. The molecule has 2 aromatic heterocycles. The molecule has 3 aromatic rings. The van der Waals surface area contributed by atoms with Gasteiger partial charge in [0.15, 0.2) is 0 Å². The van der Waals surface area contributed by atoms with Gasteiger partial charge in [-0.15, -0.1) is 0 Å². The second-order valence-electron chi connectivity index (χ2n) is 7.61. The van der Waals surface area contributed by atoms with E-state index in [2.05, 4.69) is 4.90 Å². The Labute approximate surface area is 177 Å². The van der Waals surface area contributed by atoms with Crippen molar-refractivity contribution in [2.24, 2.45) is 19.8 Å². The van der Waals surface area contributed by atoms with Crippen LogP contribution >= 0.6 is 11.6 Å². The molecule has 0 unspecified atom stereocenters. The Morgan fingerprint density at radius 2 is 1.93 bits per heavy atom. The second kappa shape index (κ2) is 8.25. The Balaban J connectivity index is 0.00000256. The van der Waals surface area contributed by atoms with Crippen LogP contribution in [0, 0.1) is 5.82 Å². The zero-order valence-corrected chi connectivity index (χ0v) is 17.6. The van der Waals surface area contributed by atoms with Crippen LogP contribution < -0.4 is 21.9 Å². The van der Waals surface area contributed by atoms with Gasteiger partial charge in [0.05, 0.1) is 12.1 Å². The molecule has 0 radical (unpaired) electrons. The van der Waals surface area contributed by atoms with Gasteiger partial charge in [-0.1, -0.05) is 11.6 Å². The van der Waals surface area contributed by atoms with E-state index in [1.54, 1.807) is 7.05 Å². The molecular weight excluding hydrogens is 413 g/mol. The van der Waals surface area contributed by atoms with Crippen LogP contribution in [0.5, 0.6) is 0 Å². The molecule has 3 heterocycles. The number of aryl methyl sites for hydroxylation is 1. The molecule has 1 fully saturated rings. The highest BCUT2D eigenvalue weighted by molar-refractivity contribution is 6.31. The average Bonchev–Trinajstić information content (AvgIpc) is 3.07. The van der Waals surface area contributed by atoms with Gasteiger partial charge in [0.2, 0.25) is 0 Å². The molecule has 162 valence electrons. The third-order valence-electron chi connectivity index (χ3n) is 5.62. The van der Waals surface area contributed by atoms with Crippen LogP contribution in [0.3, 0.4) is 0 Å². The van der Waals surface area contributed by atoms with Crippen LogP contribution in [0.4, 0.5) is 10.2 Å². The first-order valence-corrected chi connectivity index (χ1v) is 9.89. The van der Waals surface area contributed by atoms with Crippen LogP contribution in [-0.2, 0) is 20.6 Å². The molecule has 30 heavy (non-hydrogen) atoms. The summed E-state index contributed by atoms with van der Waals surface area (Å²) in [6, 6.07) is 6.03. The number of hydrogen-bond donors (Lipinski definition) is 1. The first-order chi connectivity index (χ1) is 13.8. The number of anilines is 1. The fraction of sp³-hybridized carbons (Fsp3) is 0.400. The van der Waals surface area contributed by atoms with Crippen molar-refractivity contribution < 1.29 is 9.87 Å². The molecule has 10 heteroatoms. The number of benzene rings is 1. The van der Waals surface area contributed by atoms with E-state index in [1.165, 1.54) is 29.8 Å². The minimum Gasteiger partial charge on any atom is -0.412 e. The maximum atomic E-state index is 13.9. The first kappa shape index (κ1) is 22.1. The summed E-state index contributed by atoms with van der Waals surface area (Å²) < 4.78 is 18.2. The molecule has 1 atom stereocenters. The zero-order valence-electron chi connectivity index (χ0n) is 16.9. The van der Waals surface area contributed by atoms with Gasteiger partial charge in [-0.3, -0.25) is 13.9 Å². The third-order valence-corrected chi connectivity index (χ3v) is 5.98. The normalized spacial score (nSPS) is 16.7. The molecule has 4 rings (SSSR count). The number of rotatable bonds is 3. The Kier molecular flexibility index (Phi) is 6.07. The highest BCUT2D eigenvalue weighted by Gasteiger charge is 2.24. The lowest BCUT2D eigenvalue weighted by atomic mass is 10.1. The summed E-state index contributed by atoms with van der Waals surface area (Å²) in [6.07, 6.45) is 1.87. The quantitative estimate of drug-likeness (QED) is 0.658. The SMILES string of the molecule is Cn1c(=O)c2c(cc(N3CCC[C@@H](N)C3)n2Cc2cc(F)ccc2Cl)n(C)c1=O.O. The molecule has 0 spiro atoms. The van der Waals surface area contributed by atoms with Crippen molar-refractivity contribution in [3.63, 3.8) is 0 Å². The highest BCUT2D eigenvalue weighted by Crippen LogP contribution is 2.29. The van der Waals surface area contributed by atoms with Gasteiger partial charge in [-0.2, -0.15) is 0 Å². The summed E-state index contributed by atoms with van der Waals surface area (Å²) in [5.41, 5.74) is 6.84. The standard InChI is InChI=1S/C20H23ClFN5O2.H2O/c1-24-16-9-17(26-7-3-4-14(23)11-26)27(18(16)19(28)25(2)20(24)29)10-12-8-13(22)5-6-15(12)21;/h5-6,8-9,14H,3-4,7,10-11,23H2,1-2H3;1H2/t14-;/m1./s1. The van der Waals surface area contributed by atoms with Crippen molar-refractivity contribution in [3.8, 4) is 0 Å². The van der Waals surface area contributed by atoms with Crippen molar-refractivity contribution in [2.45, 2.75) is 25.4 Å². The number of piperidine rings is 1. The summed E-state index contributed by atoms with van der Waals surface area (Å²) in [5.74, 6) is 0.372. The molecule has 0 aliphatic carbocycles. The van der Waals surface area contributed by atoms with E-state index >= 15 is 0 Å². The number of fused-ring (bicyclic) bond motifs is 1. The molecule has 0 amide bonds. The maximum Gasteiger partial charge on any atom is 0.331 e. The topological polar surface area (TPSA) is 110 Å². The average molecular weight is 438 g/mol. The van der Waals surface area contributed by atoms with Gasteiger partial charge < -0.3 is 20.7 Å². The van der Waals surface area contributed by atoms with E-state index in [9.17, 15) is 14.0 Å². The summed E-state index contributed by atoms with van der Waals surface area (Å²) in [5, 5.41) is 0.413. The minimum absolute atomic E-state index is 0. The van der Waals surface area contributed by atoms with Gasteiger partial charge >= 0.3 is 5.69 Å². The highest BCUT2D eigenvalue weighted by atomic mass is 35.5. The number of hydrogen-bond acceptors (Lipinski definition) is 4. The van der Waals surface area contributed by atoms with E-state index in [-0.39, 0.29) is 18.1 Å². The second-order valence-corrected chi connectivity index (χ2v) is 8.02. The van der Waals surface area contributed by atoms with Gasteiger partial charge in [-0.05, 0) is 36.6 Å². The summed E-state index contributed by atoms with van der Waals surface area (Å²) in [7, 11) is 3.09. The van der Waals surface area contributed by atoms with Gasteiger partial charge in [-0.25, -0.2) is 9.18 Å². The van der Waals surface area contributed by atoms with E-state index in [4.69, 9.17) is 17.3 Å².